The summed E-state index contributed by atoms with van der Waals surface area (Å²) in [5.41, 5.74) is 2.25. The third-order valence-electron chi connectivity index (χ3n) is 2.87. The van der Waals surface area contributed by atoms with E-state index in [0.29, 0.717) is 12.3 Å². The first-order valence-electron chi connectivity index (χ1n) is 7.34. The zero-order valence-electron chi connectivity index (χ0n) is 13.3. The van der Waals surface area contributed by atoms with Crippen LogP contribution in [0, 0.1) is 0 Å². The highest BCUT2D eigenvalue weighted by molar-refractivity contribution is 5.99. The standard InChI is InChI=1S/C16H23N3O3/c1-4-5-10-17-16(21)11-22-19-12(2)14-6-8-15(9-7-14)18-13(3)20/h6-9H,4-5,10-11H2,1-3H3,(H,17,21)(H,18,20)/b19-12+. The van der Waals surface area contributed by atoms with Crippen LogP contribution < -0.4 is 10.6 Å². The molecule has 0 saturated heterocycles. The molecule has 0 aromatic heterocycles. The summed E-state index contributed by atoms with van der Waals surface area (Å²) in [5, 5.41) is 9.36. The van der Waals surface area contributed by atoms with Crippen molar-refractivity contribution in [3.05, 3.63) is 29.8 Å². The molecule has 0 aliphatic rings. The number of benzene rings is 1. The molecule has 0 unspecified atom stereocenters. The van der Waals surface area contributed by atoms with Gasteiger partial charge in [-0.2, -0.15) is 0 Å². The Bertz CT molecular complexity index is 524. The van der Waals surface area contributed by atoms with Crippen molar-refractivity contribution in [2.24, 2.45) is 5.16 Å². The summed E-state index contributed by atoms with van der Waals surface area (Å²) < 4.78 is 0. The highest BCUT2D eigenvalue weighted by Gasteiger charge is 2.02. The lowest BCUT2D eigenvalue weighted by Crippen LogP contribution is -2.27. The van der Waals surface area contributed by atoms with Crippen molar-refractivity contribution in [3.8, 4) is 0 Å². The summed E-state index contributed by atoms with van der Waals surface area (Å²) in [5.74, 6) is -0.290. The van der Waals surface area contributed by atoms with Gasteiger partial charge in [0, 0.05) is 19.2 Å². The molecule has 2 N–H and O–H groups in total. The van der Waals surface area contributed by atoms with Crippen LogP contribution in [0.1, 0.15) is 39.2 Å². The van der Waals surface area contributed by atoms with Gasteiger partial charge in [0.05, 0.1) is 5.71 Å². The van der Waals surface area contributed by atoms with E-state index in [1.165, 1.54) is 6.92 Å². The predicted molar refractivity (Wildman–Crippen MR) is 86.8 cm³/mol. The van der Waals surface area contributed by atoms with Crippen molar-refractivity contribution in [1.82, 2.24) is 5.32 Å². The fourth-order valence-electron chi connectivity index (χ4n) is 1.69. The normalized spacial score (nSPS) is 11.0. The smallest absolute Gasteiger partial charge is 0.260 e. The molecule has 120 valence electrons. The molecule has 6 heteroatoms. The van der Waals surface area contributed by atoms with E-state index in [-0.39, 0.29) is 18.4 Å². The summed E-state index contributed by atoms with van der Waals surface area (Å²) >= 11 is 0. The largest absolute Gasteiger partial charge is 0.385 e. The molecular weight excluding hydrogens is 282 g/mol. The van der Waals surface area contributed by atoms with E-state index in [1.54, 1.807) is 19.1 Å². The maximum atomic E-state index is 11.4. The highest BCUT2D eigenvalue weighted by atomic mass is 16.6. The van der Waals surface area contributed by atoms with Crippen molar-refractivity contribution in [3.63, 3.8) is 0 Å². The van der Waals surface area contributed by atoms with E-state index < -0.39 is 0 Å². The van der Waals surface area contributed by atoms with Gasteiger partial charge in [0.2, 0.25) is 5.91 Å². The molecule has 0 saturated carbocycles. The van der Waals surface area contributed by atoms with E-state index in [2.05, 4.69) is 22.7 Å². The second kappa shape index (κ2) is 9.55. The number of amides is 2. The van der Waals surface area contributed by atoms with Gasteiger partial charge in [-0.1, -0.05) is 30.6 Å². The number of carbonyl (C=O) groups is 2. The Hall–Kier alpha value is -2.37. The summed E-state index contributed by atoms with van der Waals surface area (Å²) in [4.78, 5) is 27.4. The molecule has 22 heavy (non-hydrogen) atoms. The number of rotatable bonds is 8. The molecular formula is C16H23N3O3. The quantitative estimate of drug-likeness (QED) is 0.439. The number of anilines is 1. The van der Waals surface area contributed by atoms with E-state index in [4.69, 9.17) is 4.84 Å². The van der Waals surface area contributed by atoms with Gasteiger partial charge in [-0.15, -0.1) is 0 Å². The Kier molecular flexibility index (Phi) is 7.67. The maximum Gasteiger partial charge on any atom is 0.260 e. The fourth-order valence-corrected chi connectivity index (χ4v) is 1.69. The van der Waals surface area contributed by atoms with E-state index in [9.17, 15) is 9.59 Å². The van der Waals surface area contributed by atoms with E-state index in [0.717, 1.165) is 24.1 Å². The number of oxime groups is 1. The monoisotopic (exact) mass is 305 g/mol. The third-order valence-corrected chi connectivity index (χ3v) is 2.87. The van der Waals surface area contributed by atoms with Crippen LogP contribution in [0.2, 0.25) is 0 Å². The zero-order valence-corrected chi connectivity index (χ0v) is 13.3. The average Bonchev–Trinajstić information content (AvgIpc) is 2.47. The van der Waals surface area contributed by atoms with Crippen LogP contribution in [-0.4, -0.2) is 30.7 Å². The molecule has 0 spiro atoms. The van der Waals surface area contributed by atoms with Crippen LogP contribution in [0.3, 0.4) is 0 Å². The first kappa shape index (κ1) is 17.7. The molecule has 0 fully saturated rings. The van der Waals surface area contributed by atoms with E-state index >= 15 is 0 Å². The second-order valence-electron chi connectivity index (χ2n) is 4.91. The first-order chi connectivity index (χ1) is 10.5. The van der Waals surface area contributed by atoms with Gasteiger partial charge in [-0.3, -0.25) is 9.59 Å². The SMILES string of the molecule is CCCCNC(=O)CO/N=C(\C)c1ccc(NC(C)=O)cc1. The summed E-state index contributed by atoms with van der Waals surface area (Å²) in [6.45, 7) is 5.88. The van der Waals surface area contributed by atoms with Crippen LogP contribution in [0.5, 0.6) is 0 Å². The van der Waals surface area contributed by atoms with Crippen LogP contribution in [0.25, 0.3) is 0 Å². The van der Waals surface area contributed by atoms with Crippen molar-refractivity contribution in [1.29, 1.82) is 0 Å². The lowest BCUT2D eigenvalue weighted by atomic mass is 10.1. The molecule has 1 aromatic carbocycles. The van der Waals surface area contributed by atoms with Gasteiger partial charge in [-0.05, 0) is 31.0 Å². The lowest BCUT2D eigenvalue weighted by Gasteiger charge is -2.05. The average molecular weight is 305 g/mol. The van der Waals surface area contributed by atoms with Crippen LogP contribution in [0.15, 0.2) is 29.4 Å². The molecule has 0 atom stereocenters. The third kappa shape index (κ3) is 6.88. The van der Waals surface area contributed by atoms with Gasteiger partial charge >= 0.3 is 0 Å². The van der Waals surface area contributed by atoms with E-state index in [1.807, 2.05) is 12.1 Å². The number of hydrogen-bond donors (Lipinski definition) is 2. The van der Waals surface area contributed by atoms with Crippen molar-refractivity contribution < 1.29 is 14.4 Å². The van der Waals surface area contributed by atoms with Crippen LogP contribution >= 0.6 is 0 Å². The topological polar surface area (TPSA) is 79.8 Å². The van der Waals surface area contributed by atoms with Crippen LogP contribution in [0.4, 0.5) is 5.69 Å². The molecule has 0 radical (unpaired) electrons. The summed E-state index contributed by atoms with van der Waals surface area (Å²) in [6, 6.07) is 7.23. The van der Waals surface area contributed by atoms with Gasteiger partial charge in [0.25, 0.3) is 5.91 Å². The van der Waals surface area contributed by atoms with Crippen LogP contribution in [-0.2, 0) is 14.4 Å². The zero-order chi connectivity index (χ0) is 16.4. The molecule has 0 aliphatic heterocycles. The Balaban J connectivity index is 2.44. The fraction of sp³-hybridized carbons (Fsp3) is 0.438. The predicted octanol–water partition coefficient (Wildman–Crippen LogP) is 2.30. The number of hydrogen-bond acceptors (Lipinski definition) is 4. The molecule has 6 nitrogen and oxygen atoms in total. The molecule has 1 aromatic rings. The molecule has 0 heterocycles. The maximum absolute atomic E-state index is 11.4. The minimum Gasteiger partial charge on any atom is -0.385 e. The number of carbonyl (C=O) groups excluding carboxylic acids is 2. The minimum absolute atomic E-state index is 0.0922. The van der Waals surface area contributed by atoms with Gasteiger partial charge in [0.15, 0.2) is 6.61 Å². The molecule has 2 amide bonds. The minimum atomic E-state index is -0.175. The number of nitrogens with one attached hydrogen (secondary N) is 2. The highest BCUT2D eigenvalue weighted by Crippen LogP contribution is 2.10. The second-order valence-corrected chi connectivity index (χ2v) is 4.91. The number of unbranched alkanes of at least 4 members (excludes halogenated alkanes) is 1. The first-order valence-corrected chi connectivity index (χ1v) is 7.34. The van der Waals surface area contributed by atoms with Crippen molar-refractivity contribution in [2.45, 2.75) is 33.6 Å². The number of nitrogens with zero attached hydrogens (tertiary/aromatic N) is 1. The van der Waals surface area contributed by atoms with Crippen molar-refractivity contribution >= 4 is 23.2 Å². The Morgan fingerprint density at radius 3 is 2.45 bits per heavy atom. The molecule has 0 bridgehead atoms. The summed E-state index contributed by atoms with van der Waals surface area (Å²) in [6.07, 6.45) is 1.99. The lowest BCUT2D eigenvalue weighted by molar-refractivity contribution is -0.125. The Labute approximate surface area is 130 Å². The Morgan fingerprint density at radius 2 is 1.86 bits per heavy atom. The van der Waals surface area contributed by atoms with Gasteiger partial charge in [0.1, 0.15) is 0 Å². The van der Waals surface area contributed by atoms with Gasteiger partial charge in [-0.25, -0.2) is 0 Å². The molecule has 0 aliphatic carbocycles. The summed E-state index contributed by atoms with van der Waals surface area (Å²) in [7, 11) is 0. The molecule has 1 rings (SSSR count). The van der Waals surface area contributed by atoms with Crippen molar-refractivity contribution in [2.75, 3.05) is 18.5 Å². The van der Waals surface area contributed by atoms with Gasteiger partial charge < -0.3 is 15.5 Å². The Morgan fingerprint density at radius 1 is 1.18 bits per heavy atom.